The van der Waals surface area contributed by atoms with Gasteiger partial charge in [-0.1, -0.05) is 42.5 Å². The molecule has 0 bridgehead atoms. The van der Waals surface area contributed by atoms with Gasteiger partial charge in [-0.3, -0.25) is 14.9 Å². The third-order valence-corrected chi connectivity index (χ3v) is 5.17. The Morgan fingerprint density at radius 1 is 1.00 bits per heavy atom. The lowest BCUT2D eigenvalue weighted by atomic mass is 10.1. The van der Waals surface area contributed by atoms with Crippen LogP contribution in [0, 0.1) is 10.1 Å². The van der Waals surface area contributed by atoms with Gasteiger partial charge in [0.1, 0.15) is 17.1 Å². The highest BCUT2D eigenvalue weighted by molar-refractivity contribution is 6.00. The van der Waals surface area contributed by atoms with Crippen LogP contribution in [0.1, 0.15) is 10.4 Å². The number of carbonyl (C=O) groups is 1. The normalized spacial score (nSPS) is 10.5. The molecule has 0 aliphatic rings. The van der Waals surface area contributed by atoms with Crippen molar-refractivity contribution in [2.75, 3.05) is 25.5 Å². The fraction of sp³-hybridized carbons (Fsp3) is 0.120. The van der Waals surface area contributed by atoms with Crippen LogP contribution in [0.5, 0.6) is 5.75 Å². The van der Waals surface area contributed by atoms with E-state index in [-0.39, 0.29) is 18.1 Å². The highest BCUT2D eigenvalue weighted by Gasteiger charge is 2.21. The number of benzene rings is 3. The molecule has 0 aliphatic heterocycles. The summed E-state index contributed by atoms with van der Waals surface area (Å²) >= 11 is 0. The molecule has 0 atom stereocenters. The molecule has 4 rings (SSSR count). The van der Waals surface area contributed by atoms with Gasteiger partial charge in [0, 0.05) is 30.9 Å². The van der Waals surface area contributed by atoms with Crippen LogP contribution < -0.4 is 15.4 Å². The standard InChI is InChI=1S/C25H23N5O4/c1-34-23-14-8-5-11-19(23)24-20(17-29(28-24)18-9-3-2-4-10-18)25(31)27-16-15-26-21-12-6-7-13-22(21)30(32)33/h2-14,17,26H,15-16H2,1H3,(H,27,31). The van der Waals surface area contributed by atoms with Gasteiger partial charge in [0.05, 0.1) is 23.3 Å². The fourth-order valence-corrected chi connectivity index (χ4v) is 3.54. The molecule has 2 N–H and O–H groups in total. The Labute approximate surface area is 196 Å². The smallest absolute Gasteiger partial charge is 0.292 e. The first-order chi connectivity index (χ1) is 16.6. The third-order valence-electron chi connectivity index (χ3n) is 5.17. The number of carbonyl (C=O) groups excluding carboxylic acids is 1. The van der Waals surface area contributed by atoms with E-state index in [9.17, 15) is 14.9 Å². The zero-order chi connectivity index (χ0) is 23.9. The quantitative estimate of drug-likeness (QED) is 0.220. The number of nitro groups is 1. The van der Waals surface area contributed by atoms with Crippen molar-refractivity contribution in [2.45, 2.75) is 0 Å². The van der Waals surface area contributed by atoms with E-state index in [1.165, 1.54) is 6.07 Å². The highest BCUT2D eigenvalue weighted by atomic mass is 16.6. The number of ether oxygens (including phenoxy) is 1. The third kappa shape index (κ3) is 4.88. The molecule has 1 heterocycles. The van der Waals surface area contributed by atoms with Gasteiger partial charge >= 0.3 is 0 Å². The first-order valence-electron chi connectivity index (χ1n) is 10.6. The van der Waals surface area contributed by atoms with Crippen molar-refractivity contribution in [3.8, 4) is 22.7 Å². The zero-order valence-electron chi connectivity index (χ0n) is 18.5. The van der Waals surface area contributed by atoms with Crippen LogP contribution in [-0.4, -0.2) is 40.8 Å². The summed E-state index contributed by atoms with van der Waals surface area (Å²) in [4.78, 5) is 23.9. The molecular formula is C25H23N5O4. The van der Waals surface area contributed by atoms with Crippen molar-refractivity contribution in [1.29, 1.82) is 0 Å². The van der Waals surface area contributed by atoms with Crippen LogP contribution in [0.15, 0.2) is 85.1 Å². The van der Waals surface area contributed by atoms with Gasteiger partial charge in [-0.25, -0.2) is 4.68 Å². The summed E-state index contributed by atoms with van der Waals surface area (Å²) < 4.78 is 7.14. The van der Waals surface area contributed by atoms with E-state index < -0.39 is 4.92 Å². The molecule has 1 aromatic heterocycles. The SMILES string of the molecule is COc1ccccc1-c1nn(-c2ccccc2)cc1C(=O)NCCNc1ccccc1[N+](=O)[O-]. The van der Waals surface area contributed by atoms with E-state index in [2.05, 4.69) is 15.7 Å². The number of nitrogens with zero attached hydrogens (tertiary/aromatic N) is 3. The van der Waals surface area contributed by atoms with E-state index in [1.807, 2.05) is 54.6 Å². The topological polar surface area (TPSA) is 111 Å². The number of hydrogen-bond donors (Lipinski definition) is 2. The molecular weight excluding hydrogens is 434 g/mol. The van der Waals surface area contributed by atoms with Crippen molar-refractivity contribution in [1.82, 2.24) is 15.1 Å². The van der Waals surface area contributed by atoms with Gasteiger partial charge in [-0.15, -0.1) is 0 Å². The summed E-state index contributed by atoms with van der Waals surface area (Å²) in [5, 5.41) is 21.7. The molecule has 0 saturated carbocycles. The Morgan fingerprint density at radius 2 is 1.71 bits per heavy atom. The summed E-state index contributed by atoms with van der Waals surface area (Å²) in [6.45, 7) is 0.570. The molecule has 0 spiro atoms. The van der Waals surface area contributed by atoms with Gasteiger partial charge < -0.3 is 15.4 Å². The minimum atomic E-state index is -0.446. The number of rotatable bonds is 9. The van der Waals surface area contributed by atoms with Gasteiger partial charge in [-0.2, -0.15) is 5.10 Å². The van der Waals surface area contributed by atoms with Crippen molar-refractivity contribution in [3.05, 3.63) is 101 Å². The predicted octanol–water partition coefficient (Wildman–Crippen LogP) is 4.30. The average Bonchev–Trinajstić information content (AvgIpc) is 3.32. The molecule has 34 heavy (non-hydrogen) atoms. The second-order valence-electron chi connectivity index (χ2n) is 7.33. The van der Waals surface area contributed by atoms with Crippen molar-refractivity contribution >= 4 is 17.3 Å². The molecule has 0 radical (unpaired) electrons. The Morgan fingerprint density at radius 3 is 2.47 bits per heavy atom. The molecule has 0 fully saturated rings. The summed E-state index contributed by atoms with van der Waals surface area (Å²) in [6.07, 6.45) is 1.68. The van der Waals surface area contributed by atoms with Crippen LogP contribution in [0.2, 0.25) is 0 Å². The molecule has 1 amide bonds. The first-order valence-corrected chi connectivity index (χ1v) is 10.6. The monoisotopic (exact) mass is 457 g/mol. The van der Waals surface area contributed by atoms with Crippen molar-refractivity contribution < 1.29 is 14.5 Å². The maximum absolute atomic E-state index is 13.1. The summed E-state index contributed by atoms with van der Waals surface area (Å²) in [5.74, 6) is 0.292. The molecule has 0 saturated heterocycles. The van der Waals surface area contributed by atoms with Gasteiger partial charge in [-0.05, 0) is 30.3 Å². The lowest BCUT2D eigenvalue weighted by Crippen LogP contribution is -2.29. The second kappa shape index (κ2) is 10.3. The minimum absolute atomic E-state index is 0.0172. The molecule has 9 nitrogen and oxygen atoms in total. The Bertz CT molecular complexity index is 1300. The van der Waals surface area contributed by atoms with Crippen LogP contribution in [0.25, 0.3) is 16.9 Å². The molecule has 9 heteroatoms. The molecule has 0 aliphatic carbocycles. The molecule has 4 aromatic rings. The number of aromatic nitrogens is 2. The van der Waals surface area contributed by atoms with Crippen LogP contribution in [0.3, 0.4) is 0 Å². The Kier molecular flexibility index (Phi) is 6.83. The van der Waals surface area contributed by atoms with Crippen LogP contribution in [-0.2, 0) is 0 Å². The van der Waals surface area contributed by atoms with Crippen molar-refractivity contribution in [3.63, 3.8) is 0 Å². The number of methoxy groups -OCH3 is 1. The zero-order valence-corrected chi connectivity index (χ0v) is 18.5. The summed E-state index contributed by atoms with van der Waals surface area (Å²) in [6, 6.07) is 23.3. The Balaban J connectivity index is 1.55. The fourth-order valence-electron chi connectivity index (χ4n) is 3.54. The summed E-state index contributed by atoms with van der Waals surface area (Å²) in [7, 11) is 1.57. The Hall–Kier alpha value is -4.66. The number of amides is 1. The largest absolute Gasteiger partial charge is 0.496 e. The van der Waals surface area contributed by atoms with Gasteiger partial charge in [0.2, 0.25) is 0 Å². The van der Waals surface area contributed by atoms with Gasteiger partial charge in [0.15, 0.2) is 0 Å². The lowest BCUT2D eigenvalue weighted by Gasteiger charge is -2.10. The van der Waals surface area contributed by atoms with Crippen molar-refractivity contribution in [2.24, 2.45) is 0 Å². The maximum atomic E-state index is 13.1. The van der Waals surface area contributed by atoms with E-state index >= 15 is 0 Å². The molecule has 172 valence electrons. The first kappa shape index (κ1) is 22.5. The number of nitrogens with one attached hydrogen (secondary N) is 2. The van der Waals surface area contributed by atoms with E-state index in [0.29, 0.717) is 34.8 Å². The number of para-hydroxylation sites is 4. The minimum Gasteiger partial charge on any atom is -0.496 e. The average molecular weight is 457 g/mol. The molecule has 0 unspecified atom stereocenters. The predicted molar refractivity (Wildman–Crippen MR) is 129 cm³/mol. The van der Waals surface area contributed by atoms with E-state index in [0.717, 1.165) is 5.69 Å². The molecule has 3 aromatic carbocycles. The van der Waals surface area contributed by atoms with E-state index in [1.54, 1.807) is 36.2 Å². The highest BCUT2D eigenvalue weighted by Crippen LogP contribution is 2.31. The van der Waals surface area contributed by atoms with Crippen LogP contribution in [0.4, 0.5) is 11.4 Å². The summed E-state index contributed by atoms with van der Waals surface area (Å²) in [5.41, 5.74) is 2.77. The lowest BCUT2D eigenvalue weighted by molar-refractivity contribution is -0.384. The van der Waals surface area contributed by atoms with E-state index in [4.69, 9.17) is 4.74 Å². The van der Waals surface area contributed by atoms with Crippen LogP contribution >= 0.6 is 0 Å². The number of nitro benzene ring substituents is 1. The van der Waals surface area contributed by atoms with Gasteiger partial charge in [0.25, 0.3) is 11.6 Å². The second-order valence-corrected chi connectivity index (χ2v) is 7.33. The number of hydrogen-bond acceptors (Lipinski definition) is 6. The maximum Gasteiger partial charge on any atom is 0.292 e. The number of anilines is 1.